The zero-order valence-electron chi connectivity index (χ0n) is 11.4. The Morgan fingerprint density at radius 1 is 1.26 bits per heavy atom. The van der Waals surface area contributed by atoms with Crippen molar-refractivity contribution >= 4 is 15.9 Å². The van der Waals surface area contributed by atoms with Crippen LogP contribution in [0.25, 0.3) is 0 Å². The standard InChI is InChI=1S/C16H22BrNO/c1-19-16-7-3-6-15(16)18-14-9-12(10-14)11-4-2-5-13(17)8-11/h2,4-5,8,12,14-16,18H,3,6-7,9-10H2,1H3. The van der Waals surface area contributed by atoms with Gasteiger partial charge in [0.15, 0.2) is 0 Å². The maximum Gasteiger partial charge on any atom is 0.0724 e. The number of benzene rings is 1. The van der Waals surface area contributed by atoms with Crippen LogP contribution in [-0.2, 0) is 4.74 Å². The molecule has 2 atom stereocenters. The van der Waals surface area contributed by atoms with Crippen molar-refractivity contribution < 1.29 is 4.74 Å². The summed E-state index contributed by atoms with van der Waals surface area (Å²) in [7, 11) is 1.84. The Labute approximate surface area is 124 Å². The molecule has 1 aromatic rings. The Kier molecular flexibility index (Phi) is 4.25. The normalized spacial score (nSPS) is 34.2. The van der Waals surface area contributed by atoms with Crippen LogP contribution in [0.3, 0.4) is 0 Å². The average molecular weight is 324 g/mol. The Hall–Kier alpha value is -0.380. The van der Waals surface area contributed by atoms with Crippen molar-refractivity contribution in [3.05, 3.63) is 34.3 Å². The summed E-state index contributed by atoms with van der Waals surface area (Å²) in [5.41, 5.74) is 1.47. The summed E-state index contributed by atoms with van der Waals surface area (Å²) in [5.74, 6) is 0.734. The Morgan fingerprint density at radius 3 is 2.84 bits per heavy atom. The largest absolute Gasteiger partial charge is 0.380 e. The Balaban J connectivity index is 1.50. The van der Waals surface area contributed by atoms with E-state index >= 15 is 0 Å². The lowest BCUT2D eigenvalue weighted by atomic mass is 9.75. The average Bonchev–Trinajstić information content (AvgIpc) is 2.80. The first-order valence-electron chi connectivity index (χ1n) is 7.30. The molecule has 1 N–H and O–H groups in total. The lowest BCUT2D eigenvalue weighted by Crippen LogP contribution is -2.48. The first kappa shape index (κ1) is 13.6. The van der Waals surface area contributed by atoms with Crippen LogP contribution >= 0.6 is 15.9 Å². The van der Waals surface area contributed by atoms with E-state index in [1.165, 1.54) is 42.1 Å². The molecule has 2 aliphatic carbocycles. The van der Waals surface area contributed by atoms with Gasteiger partial charge in [-0.25, -0.2) is 0 Å². The highest BCUT2D eigenvalue weighted by atomic mass is 79.9. The fourth-order valence-corrected chi connectivity index (χ4v) is 3.91. The molecule has 0 heterocycles. The van der Waals surface area contributed by atoms with E-state index in [4.69, 9.17) is 4.74 Å². The molecule has 0 aromatic heterocycles. The predicted octanol–water partition coefficient (Wildman–Crippen LogP) is 3.85. The smallest absolute Gasteiger partial charge is 0.0724 e. The third-order valence-corrected chi connectivity index (χ3v) is 5.16. The van der Waals surface area contributed by atoms with E-state index in [2.05, 4.69) is 45.5 Å². The number of rotatable bonds is 4. The molecule has 0 saturated heterocycles. The molecule has 1 aromatic carbocycles. The van der Waals surface area contributed by atoms with Crippen LogP contribution in [0.1, 0.15) is 43.6 Å². The van der Waals surface area contributed by atoms with Crippen molar-refractivity contribution in [2.45, 2.75) is 56.2 Å². The second-order valence-electron chi connectivity index (χ2n) is 5.90. The predicted molar refractivity (Wildman–Crippen MR) is 81.5 cm³/mol. The molecule has 2 fully saturated rings. The number of nitrogens with one attached hydrogen (secondary N) is 1. The minimum absolute atomic E-state index is 0.435. The van der Waals surface area contributed by atoms with Gasteiger partial charge >= 0.3 is 0 Å². The van der Waals surface area contributed by atoms with Gasteiger partial charge in [-0.1, -0.05) is 28.1 Å². The summed E-state index contributed by atoms with van der Waals surface area (Å²) in [6.07, 6.45) is 6.77. The molecular formula is C16H22BrNO. The van der Waals surface area contributed by atoms with Crippen molar-refractivity contribution in [2.24, 2.45) is 0 Å². The van der Waals surface area contributed by atoms with Gasteiger partial charge in [-0.05, 0) is 55.7 Å². The van der Waals surface area contributed by atoms with Gasteiger partial charge in [-0.15, -0.1) is 0 Å². The molecule has 2 saturated carbocycles. The van der Waals surface area contributed by atoms with Crippen LogP contribution in [0.4, 0.5) is 0 Å². The molecule has 0 spiro atoms. The molecule has 3 heteroatoms. The van der Waals surface area contributed by atoms with Gasteiger partial charge in [0.1, 0.15) is 0 Å². The minimum Gasteiger partial charge on any atom is -0.380 e. The van der Waals surface area contributed by atoms with E-state index in [-0.39, 0.29) is 0 Å². The summed E-state index contributed by atoms with van der Waals surface area (Å²) in [6, 6.07) is 10.0. The number of ether oxygens (including phenoxy) is 1. The first-order chi connectivity index (χ1) is 9.26. The van der Waals surface area contributed by atoms with Crippen LogP contribution in [-0.4, -0.2) is 25.3 Å². The zero-order chi connectivity index (χ0) is 13.2. The quantitative estimate of drug-likeness (QED) is 0.908. The van der Waals surface area contributed by atoms with Crippen LogP contribution in [0, 0.1) is 0 Å². The number of halogens is 1. The zero-order valence-corrected chi connectivity index (χ0v) is 13.0. The van der Waals surface area contributed by atoms with Gasteiger partial charge in [0.25, 0.3) is 0 Å². The SMILES string of the molecule is COC1CCCC1NC1CC(c2cccc(Br)c2)C1. The molecule has 0 radical (unpaired) electrons. The van der Waals surface area contributed by atoms with Crippen LogP contribution < -0.4 is 5.32 Å². The van der Waals surface area contributed by atoms with E-state index in [1.54, 1.807) is 0 Å². The van der Waals surface area contributed by atoms with Gasteiger partial charge < -0.3 is 10.1 Å². The molecule has 2 aliphatic rings. The van der Waals surface area contributed by atoms with Gasteiger partial charge in [0, 0.05) is 23.7 Å². The summed E-state index contributed by atoms with van der Waals surface area (Å²) in [4.78, 5) is 0. The summed E-state index contributed by atoms with van der Waals surface area (Å²) >= 11 is 3.55. The third-order valence-electron chi connectivity index (χ3n) is 4.66. The molecule has 0 aliphatic heterocycles. The van der Waals surface area contributed by atoms with Crippen molar-refractivity contribution in [3.8, 4) is 0 Å². The molecule has 2 unspecified atom stereocenters. The molecule has 3 rings (SSSR count). The van der Waals surface area contributed by atoms with Crippen molar-refractivity contribution in [3.63, 3.8) is 0 Å². The fourth-order valence-electron chi connectivity index (χ4n) is 3.49. The first-order valence-corrected chi connectivity index (χ1v) is 8.10. The van der Waals surface area contributed by atoms with Crippen molar-refractivity contribution in [2.75, 3.05) is 7.11 Å². The van der Waals surface area contributed by atoms with E-state index in [0.717, 1.165) is 5.92 Å². The molecule has 104 valence electrons. The van der Waals surface area contributed by atoms with Crippen LogP contribution in [0.2, 0.25) is 0 Å². The van der Waals surface area contributed by atoms with Gasteiger partial charge in [-0.3, -0.25) is 0 Å². The topological polar surface area (TPSA) is 21.3 Å². The molecule has 0 bridgehead atoms. The highest BCUT2D eigenvalue weighted by Crippen LogP contribution is 2.38. The van der Waals surface area contributed by atoms with Crippen LogP contribution in [0.5, 0.6) is 0 Å². The summed E-state index contributed by atoms with van der Waals surface area (Å²) < 4.78 is 6.74. The lowest BCUT2D eigenvalue weighted by Gasteiger charge is -2.39. The number of hydrogen-bond acceptors (Lipinski definition) is 2. The highest BCUT2D eigenvalue weighted by molar-refractivity contribution is 9.10. The molecule has 2 nitrogen and oxygen atoms in total. The van der Waals surface area contributed by atoms with Gasteiger partial charge in [0.05, 0.1) is 6.10 Å². The van der Waals surface area contributed by atoms with Crippen LogP contribution in [0.15, 0.2) is 28.7 Å². The van der Waals surface area contributed by atoms with E-state index < -0.39 is 0 Å². The fraction of sp³-hybridized carbons (Fsp3) is 0.625. The van der Waals surface area contributed by atoms with E-state index in [1.807, 2.05) is 7.11 Å². The summed E-state index contributed by atoms with van der Waals surface area (Å²) in [6.45, 7) is 0. The van der Waals surface area contributed by atoms with Crippen molar-refractivity contribution in [1.29, 1.82) is 0 Å². The highest BCUT2D eigenvalue weighted by Gasteiger charge is 2.35. The number of methoxy groups -OCH3 is 1. The lowest BCUT2D eigenvalue weighted by molar-refractivity contribution is 0.0747. The monoisotopic (exact) mass is 323 g/mol. The maximum absolute atomic E-state index is 5.55. The second-order valence-corrected chi connectivity index (χ2v) is 6.81. The molecular weight excluding hydrogens is 302 g/mol. The maximum atomic E-state index is 5.55. The minimum atomic E-state index is 0.435. The molecule has 19 heavy (non-hydrogen) atoms. The Bertz CT molecular complexity index is 431. The molecule has 0 amide bonds. The third kappa shape index (κ3) is 3.04. The van der Waals surface area contributed by atoms with Gasteiger partial charge in [0.2, 0.25) is 0 Å². The van der Waals surface area contributed by atoms with E-state index in [0.29, 0.717) is 18.2 Å². The summed E-state index contributed by atoms with van der Waals surface area (Å²) in [5, 5.41) is 3.79. The Morgan fingerprint density at radius 2 is 2.11 bits per heavy atom. The number of hydrogen-bond donors (Lipinski definition) is 1. The van der Waals surface area contributed by atoms with Crippen molar-refractivity contribution in [1.82, 2.24) is 5.32 Å². The van der Waals surface area contributed by atoms with E-state index in [9.17, 15) is 0 Å². The second kappa shape index (κ2) is 5.94. The van der Waals surface area contributed by atoms with Gasteiger partial charge in [-0.2, -0.15) is 0 Å².